The van der Waals surface area contributed by atoms with Crippen LogP contribution in [0.1, 0.15) is 55.8 Å². The van der Waals surface area contributed by atoms with Gasteiger partial charge in [-0.05, 0) is 69.7 Å². The van der Waals surface area contributed by atoms with E-state index in [4.69, 9.17) is 4.74 Å². The summed E-state index contributed by atoms with van der Waals surface area (Å²) >= 11 is 0. The first kappa shape index (κ1) is 23.8. The van der Waals surface area contributed by atoms with Gasteiger partial charge in [0, 0.05) is 48.8 Å². The Labute approximate surface area is 206 Å². The Morgan fingerprint density at radius 2 is 1.63 bits per heavy atom. The number of sulfone groups is 1. The van der Waals surface area contributed by atoms with Gasteiger partial charge in [0.15, 0.2) is 9.84 Å². The lowest BCUT2D eigenvalue weighted by molar-refractivity contribution is 0.0371. The van der Waals surface area contributed by atoms with Crippen molar-refractivity contribution in [2.24, 2.45) is 0 Å². The number of piperidine rings is 1. The summed E-state index contributed by atoms with van der Waals surface area (Å²) in [6.45, 7) is 3.17. The van der Waals surface area contributed by atoms with Crippen LogP contribution >= 0.6 is 0 Å². The summed E-state index contributed by atoms with van der Waals surface area (Å²) in [5.74, 6) is 0.0194. The molecule has 0 unspecified atom stereocenters. The smallest absolute Gasteiger partial charge is 0.410 e. The molecule has 0 bridgehead atoms. The number of pyridine rings is 1. The fourth-order valence-corrected chi connectivity index (χ4v) is 5.12. The molecule has 0 N–H and O–H groups in total. The molecular formula is C26H31N3O5S. The van der Waals surface area contributed by atoms with Crippen molar-refractivity contribution in [1.29, 1.82) is 0 Å². The minimum atomic E-state index is -3.30. The van der Waals surface area contributed by atoms with Gasteiger partial charge in [-0.2, -0.15) is 0 Å². The van der Waals surface area contributed by atoms with Crippen LogP contribution in [0, 0.1) is 0 Å². The Kier molecular flexibility index (Phi) is 6.07. The Hall–Kier alpha value is -2.94. The zero-order chi connectivity index (χ0) is 24.8. The third-order valence-electron chi connectivity index (χ3n) is 7.17. The molecule has 9 heteroatoms. The lowest BCUT2D eigenvalue weighted by Gasteiger charge is -2.38. The topological polar surface area (TPSA) is 96.9 Å². The van der Waals surface area contributed by atoms with E-state index in [9.17, 15) is 18.0 Å². The number of hydrogen-bond donors (Lipinski definition) is 0. The van der Waals surface area contributed by atoms with Crippen LogP contribution in [0.15, 0.2) is 47.5 Å². The van der Waals surface area contributed by atoms with Gasteiger partial charge in [0.05, 0.1) is 10.6 Å². The maximum absolute atomic E-state index is 13.5. The summed E-state index contributed by atoms with van der Waals surface area (Å²) in [6.07, 6.45) is 7.67. The van der Waals surface area contributed by atoms with E-state index in [0.29, 0.717) is 24.3 Å². The van der Waals surface area contributed by atoms with Crippen LogP contribution in [0.5, 0.6) is 0 Å². The molecule has 2 heterocycles. The molecule has 186 valence electrons. The Morgan fingerprint density at radius 1 is 1.00 bits per heavy atom. The monoisotopic (exact) mass is 497 g/mol. The number of nitrogens with zero attached hydrogens (tertiary/aromatic N) is 3. The molecule has 2 aliphatic carbocycles. The summed E-state index contributed by atoms with van der Waals surface area (Å²) < 4.78 is 28.9. The van der Waals surface area contributed by atoms with Gasteiger partial charge in [0.25, 0.3) is 5.91 Å². The average Bonchev–Trinajstić information content (AvgIpc) is 3.78. The third-order valence-corrected chi connectivity index (χ3v) is 8.27. The van der Waals surface area contributed by atoms with Gasteiger partial charge in [-0.25, -0.2) is 13.2 Å². The second kappa shape index (κ2) is 8.93. The average molecular weight is 498 g/mol. The molecule has 2 amide bonds. The molecule has 35 heavy (non-hydrogen) atoms. The molecule has 5 rings (SSSR count). The van der Waals surface area contributed by atoms with Gasteiger partial charge in [-0.1, -0.05) is 12.1 Å². The van der Waals surface area contributed by atoms with Gasteiger partial charge in [0.1, 0.15) is 5.60 Å². The molecule has 0 spiro atoms. The van der Waals surface area contributed by atoms with Crippen molar-refractivity contribution in [2.45, 2.75) is 68.0 Å². The minimum absolute atomic E-state index is 0.0194. The number of rotatable bonds is 6. The van der Waals surface area contributed by atoms with Gasteiger partial charge in [-0.15, -0.1) is 0 Å². The van der Waals surface area contributed by atoms with E-state index in [-0.39, 0.29) is 34.6 Å². The zero-order valence-corrected chi connectivity index (χ0v) is 21.0. The summed E-state index contributed by atoms with van der Waals surface area (Å²) in [4.78, 5) is 34.2. The number of carbonyl (C=O) groups is 2. The van der Waals surface area contributed by atoms with E-state index in [1.54, 1.807) is 17.0 Å². The van der Waals surface area contributed by atoms with E-state index in [1.165, 1.54) is 6.20 Å². The van der Waals surface area contributed by atoms with Crippen LogP contribution < -0.4 is 0 Å². The Bertz CT molecular complexity index is 1210. The van der Waals surface area contributed by atoms with Crippen molar-refractivity contribution in [2.75, 3.05) is 19.3 Å². The number of likely N-dealkylation sites (tertiary alicyclic amines) is 1. The highest BCUT2D eigenvalue weighted by Gasteiger charge is 2.44. The van der Waals surface area contributed by atoms with Crippen molar-refractivity contribution in [3.63, 3.8) is 0 Å². The highest BCUT2D eigenvalue weighted by molar-refractivity contribution is 7.90. The number of ether oxygens (including phenoxy) is 1. The fraction of sp³-hybridized carbons (Fsp3) is 0.500. The maximum atomic E-state index is 13.5. The van der Waals surface area contributed by atoms with E-state index in [1.807, 2.05) is 36.1 Å². The molecule has 3 aliphatic rings. The normalized spacial score (nSPS) is 19.8. The molecule has 1 aliphatic heterocycles. The Morgan fingerprint density at radius 3 is 2.14 bits per heavy atom. The fourth-order valence-electron chi connectivity index (χ4n) is 4.57. The maximum Gasteiger partial charge on any atom is 0.410 e. The predicted molar refractivity (Wildman–Crippen MR) is 131 cm³/mol. The minimum Gasteiger partial charge on any atom is -0.443 e. The highest BCUT2D eigenvalue weighted by atomic mass is 32.2. The van der Waals surface area contributed by atoms with Crippen molar-refractivity contribution < 1.29 is 22.7 Å². The van der Waals surface area contributed by atoms with Crippen LogP contribution in [0.25, 0.3) is 11.3 Å². The van der Waals surface area contributed by atoms with E-state index in [0.717, 1.165) is 50.3 Å². The second-order valence-electron chi connectivity index (χ2n) is 10.2. The largest absolute Gasteiger partial charge is 0.443 e. The van der Waals surface area contributed by atoms with Crippen molar-refractivity contribution in [1.82, 2.24) is 14.8 Å². The predicted octanol–water partition coefficient (Wildman–Crippen LogP) is 3.91. The van der Waals surface area contributed by atoms with Gasteiger partial charge < -0.3 is 14.5 Å². The first-order valence-electron chi connectivity index (χ1n) is 12.2. The van der Waals surface area contributed by atoms with Gasteiger partial charge in [0.2, 0.25) is 0 Å². The van der Waals surface area contributed by atoms with Crippen LogP contribution in [0.4, 0.5) is 4.79 Å². The van der Waals surface area contributed by atoms with Gasteiger partial charge in [-0.3, -0.25) is 9.78 Å². The highest BCUT2D eigenvalue weighted by Crippen LogP contribution is 2.39. The van der Waals surface area contributed by atoms with Crippen molar-refractivity contribution >= 4 is 21.8 Å². The molecular weight excluding hydrogens is 466 g/mol. The van der Waals surface area contributed by atoms with Crippen LogP contribution in [-0.4, -0.2) is 72.2 Å². The number of aromatic nitrogens is 1. The number of amides is 2. The zero-order valence-electron chi connectivity index (χ0n) is 20.1. The van der Waals surface area contributed by atoms with Crippen molar-refractivity contribution in [3.05, 3.63) is 48.2 Å². The molecule has 0 atom stereocenters. The van der Waals surface area contributed by atoms with E-state index in [2.05, 4.69) is 4.98 Å². The third kappa shape index (κ3) is 5.34. The summed E-state index contributed by atoms with van der Waals surface area (Å²) in [7, 11) is -3.30. The summed E-state index contributed by atoms with van der Waals surface area (Å²) in [5.41, 5.74) is 1.81. The quantitative estimate of drug-likeness (QED) is 0.600. The standard InChI is InChI=1S/C26H31N3O5S/c1-26(13-14-26)34-25(31)28-15-11-21(12-16-28)29(20-7-8-20)24(30)19-5-3-18(4-6-19)23-10-9-22(17-27-23)35(2,32)33/h3-6,9-10,17,20-21H,7-8,11-16H2,1-2H3. The molecule has 2 saturated carbocycles. The Balaban J connectivity index is 1.24. The molecule has 1 aromatic carbocycles. The van der Waals surface area contributed by atoms with Crippen LogP contribution in [0.3, 0.4) is 0 Å². The van der Waals surface area contributed by atoms with Crippen LogP contribution in [-0.2, 0) is 14.6 Å². The summed E-state index contributed by atoms with van der Waals surface area (Å²) in [6, 6.07) is 10.9. The first-order valence-corrected chi connectivity index (χ1v) is 14.1. The van der Waals surface area contributed by atoms with Crippen molar-refractivity contribution in [3.8, 4) is 11.3 Å². The molecule has 0 radical (unpaired) electrons. The van der Waals surface area contributed by atoms with E-state index >= 15 is 0 Å². The number of benzene rings is 1. The molecule has 8 nitrogen and oxygen atoms in total. The SMILES string of the molecule is CC1(OC(=O)N2CCC(N(C(=O)c3ccc(-c4ccc(S(C)(=O)=O)cn4)cc3)C3CC3)CC2)CC1. The number of carbonyl (C=O) groups excluding carboxylic acids is 2. The second-order valence-corrected chi connectivity index (χ2v) is 12.2. The molecule has 3 fully saturated rings. The summed E-state index contributed by atoms with van der Waals surface area (Å²) in [5, 5.41) is 0. The number of hydrogen-bond acceptors (Lipinski definition) is 6. The lowest BCUT2D eigenvalue weighted by Crippen LogP contribution is -2.50. The first-order chi connectivity index (χ1) is 16.6. The lowest BCUT2D eigenvalue weighted by atomic mass is 10.0. The molecule has 1 saturated heterocycles. The van der Waals surface area contributed by atoms with Crippen LogP contribution in [0.2, 0.25) is 0 Å². The van der Waals surface area contributed by atoms with E-state index < -0.39 is 9.84 Å². The van der Waals surface area contributed by atoms with Gasteiger partial charge >= 0.3 is 6.09 Å². The molecule has 2 aromatic rings. The molecule has 1 aromatic heterocycles.